The molecule has 3 rings (SSSR count). The SMILES string of the molecule is CS(=O)(=O)OC[C@@H]1CO[C@](Cn2ccnn2)(c2ccc(Cl)cc2Cl)O1. The first kappa shape index (κ1) is 18.6. The van der Waals surface area contributed by atoms with Gasteiger partial charge in [-0.1, -0.05) is 34.5 Å². The lowest BCUT2D eigenvalue weighted by atomic mass is 10.1. The summed E-state index contributed by atoms with van der Waals surface area (Å²) in [6, 6.07) is 4.94. The van der Waals surface area contributed by atoms with Gasteiger partial charge in [-0.3, -0.25) is 4.18 Å². The normalized spacial score (nSPS) is 23.9. The summed E-state index contributed by atoms with van der Waals surface area (Å²) in [6.07, 6.45) is 3.56. The average Bonchev–Trinajstić information content (AvgIpc) is 3.15. The molecule has 2 atom stereocenters. The average molecular weight is 408 g/mol. The highest BCUT2D eigenvalue weighted by Crippen LogP contribution is 2.40. The van der Waals surface area contributed by atoms with Gasteiger partial charge in [0.25, 0.3) is 10.1 Å². The number of aromatic nitrogens is 3. The Hall–Kier alpha value is -1.23. The number of hydrogen-bond acceptors (Lipinski definition) is 7. The predicted molar refractivity (Wildman–Crippen MR) is 89.8 cm³/mol. The third-order valence-corrected chi connectivity index (χ3v) is 4.62. The molecule has 0 N–H and O–H groups in total. The van der Waals surface area contributed by atoms with Crippen LogP contribution in [0.25, 0.3) is 0 Å². The highest BCUT2D eigenvalue weighted by atomic mass is 35.5. The van der Waals surface area contributed by atoms with Crippen LogP contribution in [0.4, 0.5) is 0 Å². The number of halogens is 2. The molecule has 0 amide bonds. The number of rotatable bonds is 6. The van der Waals surface area contributed by atoms with Crippen LogP contribution < -0.4 is 0 Å². The molecule has 1 fully saturated rings. The fourth-order valence-corrected chi connectivity index (χ4v) is 3.44. The van der Waals surface area contributed by atoms with Gasteiger partial charge >= 0.3 is 0 Å². The molecule has 11 heteroatoms. The molecule has 2 aromatic rings. The summed E-state index contributed by atoms with van der Waals surface area (Å²) in [5.41, 5.74) is 0.552. The molecular formula is C14H15Cl2N3O5S. The van der Waals surface area contributed by atoms with Crippen molar-refractivity contribution in [1.29, 1.82) is 0 Å². The van der Waals surface area contributed by atoms with Crippen molar-refractivity contribution in [2.75, 3.05) is 19.5 Å². The van der Waals surface area contributed by atoms with Crippen molar-refractivity contribution in [2.45, 2.75) is 18.4 Å². The lowest BCUT2D eigenvalue weighted by Gasteiger charge is -2.29. The van der Waals surface area contributed by atoms with Gasteiger partial charge in [0.2, 0.25) is 5.79 Å². The standard InChI is InChI=1S/C14H15Cl2N3O5S/c1-25(20,21)23-8-11-7-22-14(24-11,9-19-5-4-17-18-19)12-3-2-10(15)6-13(12)16/h2-6,11H,7-9H2,1H3/t11-,14-/m0/s1. The predicted octanol–water partition coefficient (Wildman–Crippen LogP) is 1.83. The first-order valence-corrected chi connectivity index (χ1v) is 9.80. The fourth-order valence-electron chi connectivity index (χ4n) is 2.48. The van der Waals surface area contributed by atoms with Gasteiger partial charge in [-0.2, -0.15) is 8.42 Å². The molecule has 8 nitrogen and oxygen atoms in total. The van der Waals surface area contributed by atoms with Gasteiger partial charge in [0.05, 0.1) is 30.7 Å². The highest BCUT2D eigenvalue weighted by Gasteiger charge is 2.45. The van der Waals surface area contributed by atoms with Gasteiger partial charge in [-0.15, -0.1) is 5.10 Å². The van der Waals surface area contributed by atoms with E-state index in [0.29, 0.717) is 15.6 Å². The van der Waals surface area contributed by atoms with E-state index in [1.807, 2.05) is 0 Å². The summed E-state index contributed by atoms with van der Waals surface area (Å²) in [5.74, 6) is -1.26. The largest absolute Gasteiger partial charge is 0.342 e. The molecule has 1 aliphatic heterocycles. The van der Waals surface area contributed by atoms with Crippen molar-refractivity contribution in [2.24, 2.45) is 0 Å². The van der Waals surface area contributed by atoms with E-state index in [0.717, 1.165) is 6.26 Å². The van der Waals surface area contributed by atoms with Crippen molar-refractivity contribution in [3.05, 3.63) is 46.2 Å². The molecule has 0 saturated carbocycles. The molecule has 25 heavy (non-hydrogen) atoms. The van der Waals surface area contributed by atoms with E-state index >= 15 is 0 Å². The smallest absolute Gasteiger partial charge is 0.264 e. The van der Waals surface area contributed by atoms with E-state index in [2.05, 4.69) is 10.3 Å². The van der Waals surface area contributed by atoms with Crippen molar-refractivity contribution >= 4 is 33.3 Å². The van der Waals surface area contributed by atoms with Crippen LogP contribution in [0.15, 0.2) is 30.6 Å². The van der Waals surface area contributed by atoms with Gasteiger partial charge in [0.1, 0.15) is 12.6 Å². The zero-order chi connectivity index (χ0) is 18.1. The molecule has 0 unspecified atom stereocenters. The Kier molecular flexibility index (Phi) is 5.33. The summed E-state index contributed by atoms with van der Waals surface area (Å²) in [6.45, 7) is 0.135. The van der Waals surface area contributed by atoms with Crippen LogP contribution in [0.3, 0.4) is 0 Å². The van der Waals surface area contributed by atoms with Crippen molar-refractivity contribution < 1.29 is 22.1 Å². The molecule has 1 aromatic heterocycles. The molecule has 0 spiro atoms. The Labute approximate surface area is 154 Å². The van der Waals surface area contributed by atoms with Crippen LogP contribution in [0.5, 0.6) is 0 Å². The molecule has 1 aliphatic rings. The maximum atomic E-state index is 11.2. The Morgan fingerprint density at radius 2 is 2.24 bits per heavy atom. The minimum absolute atomic E-state index is 0.128. The second-order valence-electron chi connectivity index (χ2n) is 5.52. The second-order valence-corrected chi connectivity index (χ2v) is 8.00. The van der Waals surface area contributed by atoms with E-state index < -0.39 is 22.0 Å². The lowest BCUT2D eigenvalue weighted by molar-refractivity contribution is -0.190. The maximum Gasteiger partial charge on any atom is 0.264 e. The van der Waals surface area contributed by atoms with Gasteiger partial charge in [-0.25, -0.2) is 4.68 Å². The third-order valence-electron chi connectivity index (χ3n) is 3.51. The van der Waals surface area contributed by atoms with E-state index in [-0.39, 0.29) is 19.8 Å². The molecule has 1 saturated heterocycles. The molecular weight excluding hydrogens is 393 g/mol. The summed E-state index contributed by atoms with van der Waals surface area (Å²) in [5, 5.41) is 8.51. The fraction of sp³-hybridized carbons (Fsp3) is 0.429. The molecule has 2 heterocycles. The summed E-state index contributed by atoms with van der Waals surface area (Å²) in [7, 11) is -3.58. The van der Waals surface area contributed by atoms with Crippen molar-refractivity contribution in [3.8, 4) is 0 Å². The van der Waals surface area contributed by atoms with E-state index in [4.69, 9.17) is 36.9 Å². The lowest BCUT2D eigenvalue weighted by Crippen LogP contribution is -2.35. The van der Waals surface area contributed by atoms with Crippen LogP contribution in [0.1, 0.15) is 5.56 Å². The summed E-state index contributed by atoms with van der Waals surface area (Å²) < 4.78 is 40.6. The maximum absolute atomic E-state index is 11.2. The molecule has 1 aromatic carbocycles. The van der Waals surface area contributed by atoms with Crippen LogP contribution in [-0.2, 0) is 36.1 Å². The zero-order valence-electron chi connectivity index (χ0n) is 13.1. The molecule has 0 aliphatic carbocycles. The van der Waals surface area contributed by atoms with Crippen LogP contribution in [-0.4, -0.2) is 49.0 Å². The first-order valence-electron chi connectivity index (χ1n) is 7.23. The van der Waals surface area contributed by atoms with Gasteiger partial charge in [-0.05, 0) is 12.1 Å². The number of nitrogens with zero attached hydrogens (tertiary/aromatic N) is 3. The highest BCUT2D eigenvalue weighted by molar-refractivity contribution is 7.85. The minimum Gasteiger partial charge on any atom is -0.342 e. The molecule has 0 bridgehead atoms. The van der Waals surface area contributed by atoms with E-state index in [1.165, 1.54) is 10.9 Å². The molecule has 0 radical (unpaired) electrons. The van der Waals surface area contributed by atoms with Gasteiger partial charge in [0, 0.05) is 16.8 Å². The van der Waals surface area contributed by atoms with E-state index in [9.17, 15) is 8.42 Å². The summed E-state index contributed by atoms with van der Waals surface area (Å²) in [4.78, 5) is 0. The zero-order valence-corrected chi connectivity index (χ0v) is 15.5. The third kappa shape index (κ3) is 4.49. The summed E-state index contributed by atoms with van der Waals surface area (Å²) >= 11 is 12.3. The molecule has 136 valence electrons. The Morgan fingerprint density at radius 3 is 2.88 bits per heavy atom. The number of hydrogen-bond donors (Lipinski definition) is 0. The quantitative estimate of drug-likeness (QED) is 0.674. The number of ether oxygens (including phenoxy) is 2. The van der Waals surface area contributed by atoms with Crippen molar-refractivity contribution in [3.63, 3.8) is 0 Å². The topological polar surface area (TPSA) is 92.5 Å². The number of benzene rings is 1. The van der Waals surface area contributed by atoms with Crippen LogP contribution >= 0.6 is 23.2 Å². The first-order chi connectivity index (χ1) is 11.8. The van der Waals surface area contributed by atoms with Gasteiger partial charge in [0.15, 0.2) is 0 Å². The minimum atomic E-state index is -3.58. The van der Waals surface area contributed by atoms with Crippen LogP contribution in [0, 0.1) is 0 Å². The Morgan fingerprint density at radius 1 is 1.44 bits per heavy atom. The van der Waals surface area contributed by atoms with E-state index in [1.54, 1.807) is 24.4 Å². The van der Waals surface area contributed by atoms with Crippen LogP contribution in [0.2, 0.25) is 10.0 Å². The Balaban J connectivity index is 1.88. The van der Waals surface area contributed by atoms with Crippen molar-refractivity contribution in [1.82, 2.24) is 15.0 Å². The second kappa shape index (κ2) is 7.18. The Bertz CT molecular complexity index is 846. The monoisotopic (exact) mass is 407 g/mol. The van der Waals surface area contributed by atoms with Gasteiger partial charge < -0.3 is 9.47 Å².